The highest BCUT2D eigenvalue weighted by Crippen LogP contribution is 2.37. The van der Waals surface area contributed by atoms with Crippen LogP contribution in [0.3, 0.4) is 0 Å². The molecule has 2 nitrogen and oxygen atoms in total. The van der Waals surface area contributed by atoms with Crippen molar-refractivity contribution in [1.29, 1.82) is 5.26 Å². The van der Waals surface area contributed by atoms with Gasteiger partial charge in [0.1, 0.15) is 5.78 Å². The maximum Gasteiger partial charge on any atom is 0.136 e. The molecule has 0 heterocycles. The zero-order valence-corrected chi connectivity index (χ0v) is 11.1. The molecule has 2 rings (SSSR count). The van der Waals surface area contributed by atoms with E-state index in [1.807, 2.05) is 24.3 Å². The number of carbonyl (C=O) groups excluding carboxylic acids is 1. The lowest BCUT2D eigenvalue weighted by molar-refractivity contribution is -0.127. The molecule has 1 unspecified atom stereocenters. The molecule has 0 radical (unpaired) electrons. The van der Waals surface area contributed by atoms with Crippen molar-refractivity contribution in [2.75, 3.05) is 0 Å². The van der Waals surface area contributed by atoms with Crippen LogP contribution in [0.5, 0.6) is 0 Å². The molecule has 0 spiro atoms. The van der Waals surface area contributed by atoms with Crippen LogP contribution in [0.15, 0.2) is 24.3 Å². The van der Waals surface area contributed by atoms with Crippen molar-refractivity contribution < 1.29 is 4.79 Å². The molecule has 1 aliphatic carbocycles. The summed E-state index contributed by atoms with van der Waals surface area (Å²) in [5.41, 5.74) is 2.01. The molecular weight excluding hydrogens is 222 g/mol. The lowest BCUT2D eigenvalue weighted by Gasteiger charge is -2.33. The van der Waals surface area contributed by atoms with Crippen LogP contribution in [0.2, 0.25) is 0 Å². The Balaban J connectivity index is 2.02. The summed E-state index contributed by atoms with van der Waals surface area (Å²) in [6, 6.07) is 9.69. The van der Waals surface area contributed by atoms with Gasteiger partial charge in [-0.2, -0.15) is 5.26 Å². The van der Waals surface area contributed by atoms with Crippen LogP contribution in [0.25, 0.3) is 0 Å². The lowest BCUT2D eigenvalue weighted by Crippen LogP contribution is -2.31. The van der Waals surface area contributed by atoms with Gasteiger partial charge in [0.25, 0.3) is 0 Å². The number of benzene rings is 1. The average Bonchev–Trinajstić information content (AvgIpc) is 2.33. The smallest absolute Gasteiger partial charge is 0.136 e. The third-order valence-corrected chi connectivity index (χ3v) is 3.84. The molecule has 1 fully saturated rings. The zero-order chi connectivity index (χ0) is 13.2. The van der Waals surface area contributed by atoms with Crippen LogP contribution in [-0.2, 0) is 11.2 Å². The monoisotopic (exact) mass is 241 g/mol. The fraction of sp³-hybridized carbons (Fsp3) is 0.500. The molecular formula is C16H19NO. The van der Waals surface area contributed by atoms with Crippen molar-refractivity contribution in [3.05, 3.63) is 35.4 Å². The highest BCUT2D eigenvalue weighted by Gasteiger charge is 2.33. The van der Waals surface area contributed by atoms with Crippen LogP contribution < -0.4 is 0 Å². The van der Waals surface area contributed by atoms with Crippen molar-refractivity contribution in [2.24, 2.45) is 11.3 Å². The van der Waals surface area contributed by atoms with Crippen molar-refractivity contribution in [2.45, 2.75) is 39.5 Å². The summed E-state index contributed by atoms with van der Waals surface area (Å²) in [4.78, 5) is 12.1. The Labute approximate surface area is 109 Å². The van der Waals surface area contributed by atoms with Crippen molar-refractivity contribution in [3.63, 3.8) is 0 Å². The largest absolute Gasteiger partial charge is 0.299 e. The van der Waals surface area contributed by atoms with Gasteiger partial charge in [-0.25, -0.2) is 0 Å². The van der Waals surface area contributed by atoms with E-state index in [0.29, 0.717) is 17.8 Å². The van der Waals surface area contributed by atoms with E-state index in [-0.39, 0.29) is 11.3 Å². The van der Waals surface area contributed by atoms with Gasteiger partial charge in [-0.05, 0) is 42.4 Å². The van der Waals surface area contributed by atoms with Gasteiger partial charge in [0, 0.05) is 12.3 Å². The van der Waals surface area contributed by atoms with Gasteiger partial charge in [0.15, 0.2) is 0 Å². The lowest BCUT2D eigenvalue weighted by atomic mass is 9.71. The summed E-state index contributed by atoms with van der Waals surface area (Å²) >= 11 is 0. The number of ketones is 1. The molecule has 2 heteroatoms. The summed E-state index contributed by atoms with van der Waals surface area (Å²) in [7, 11) is 0. The Kier molecular flexibility index (Phi) is 3.52. The van der Waals surface area contributed by atoms with Crippen LogP contribution in [0.1, 0.15) is 44.2 Å². The second kappa shape index (κ2) is 4.94. The van der Waals surface area contributed by atoms with Crippen LogP contribution in [0, 0.1) is 22.7 Å². The Morgan fingerprint density at radius 1 is 1.33 bits per heavy atom. The molecule has 18 heavy (non-hydrogen) atoms. The van der Waals surface area contributed by atoms with Gasteiger partial charge in [-0.3, -0.25) is 4.79 Å². The maximum atomic E-state index is 12.1. The molecule has 0 aliphatic heterocycles. The molecule has 0 amide bonds. The Morgan fingerprint density at radius 3 is 2.56 bits per heavy atom. The van der Waals surface area contributed by atoms with Crippen LogP contribution in [0.4, 0.5) is 0 Å². The van der Waals surface area contributed by atoms with Gasteiger partial charge < -0.3 is 0 Å². The van der Waals surface area contributed by atoms with E-state index in [9.17, 15) is 4.79 Å². The van der Waals surface area contributed by atoms with E-state index in [0.717, 1.165) is 24.8 Å². The quantitative estimate of drug-likeness (QED) is 0.795. The Bertz CT molecular complexity index is 479. The summed E-state index contributed by atoms with van der Waals surface area (Å²) in [6.07, 6.45) is 3.64. The Hall–Kier alpha value is -1.62. The minimum Gasteiger partial charge on any atom is -0.299 e. The van der Waals surface area contributed by atoms with Crippen molar-refractivity contribution in [1.82, 2.24) is 0 Å². The third-order valence-electron chi connectivity index (χ3n) is 3.84. The zero-order valence-electron chi connectivity index (χ0n) is 11.1. The number of rotatable bonds is 2. The number of nitriles is 1. The number of hydrogen-bond donors (Lipinski definition) is 0. The number of carbonyl (C=O) groups is 1. The molecule has 0 aromatic heterocycles. The van der Waals surface area contributed by atoms with Gasteiger partial charge in [-0.15, -0.1) is 0 Å². The average molecular weight is 241 g/mol. The standard InChI is InChI=1S/C16H19NO/c1-16(2)8-7-14(15(18)10-16)9-12-3-5-13(11-17)6-4-12/h3-6,14H,7-10H2,1-2H3. The predicted molar refractivity (Wildman–Crippen MR) is 71.0 cm³/mol. The van der Waals surface area contributed by atoms with Crippen molar-refractivity contribution in [3.8, 4) is 6.07 Å². The topological polar surface area (TPSA) is 40.9 Å². The first kappa shape index (κ1) is 12.8. The van der Waals surface area contributed by atoms with Gasteiger partial charge in [0.2, 0.25) is 0 Å². The second-order valence-corrected chi connectivity index (χ2v) is 6.06. The van der Waals surface area contributed by atoms with E-state index < -0.39 is 0 Å². The van der Waals surface area contributed by atoms with Gasteiger partial charge in [0.05, 0.1) is 11.6 Å². The maximum absolute atomic E-state index is 12.1. The molecule has 1 aromatic carbocycles. The first-order chi connectivity index (χ1) is 8.50. The fourth-order valence-electron chi connectivity index (χ4n) is 2.65. The second-order valence-electron chi connectivity index (χ2n) is 6.06. The number of Topliss-reactive ketones (excluding diaryl/α,β-unsaturated/α-hetero) is 1. The van der Waals surface area contributed by atoms with Crippen molar-refractivity contribution >= 4 is 5.78 Å². The first-order valence-electron chi connectivity index (χ1n) is 6.52. The SMILES string of the molecule is CC1(C)CCC(Cc2ccc(C#N)cc2)C(=O)C1. The molecule has 0 saturated heterocycles. The summed E-state index contributed by atoms with van der Waals surface area (Å²) in [5.74, 6) is 0.571. The normalized spacial score (nSPS) is 22.5. The van der Waals surface area contributed by atoms with E-state index in [2.05, 4.69) is 19.9 Å². The number of nitrogens with zero attached hydrogens (tertiary/aromatic N) is 1. The molecule has 0 bridgehead atoms. The predicted octanol–water partition coefficient (Wildman–Crippen LogP) is 3.50. The first-order valence-corrected chi connectivity index (χ1v) is 6.52. The summed E-state index contributed by atoms with van der Waals surface area (Å²) in [5, 5.41) is 8.75. The highest BCUT2D eigenvalue weighted by atomic mass is 16.1. The number of hydrogen-bond acceptors (Lipinski definition) is 2. The molecule has 1 aromatic rings. The highest BCUT2D eigenvalue weighted by molar-refractivity contribution is 5.82. The van der Waals surface area contributed by atoms with Crippen LogP contribution in [-0.4, -0.2) is 5.78 Å². The third kappa shape index (κ3) is 2.98. The van der Waals surface area contributed by atoms with E-state index >= 15 is 0 Å². The molecule has 1 aliphatic rings. The molecule has 94 valence electrons. The fourth-order valence-corrected chi connectivity index (χ4v) is 2.65. The van der Waals surface area contributed by atoms with Crippen LogP contribution >= 0.6 is 0 Å². The Morgan fingerprint density at radius 2 is 2.00 bits per heavy atom. The molecule has 1 saturated carbocycles. The van der Waals surface area contributed by atoms with Gasteiger partial charge >= 0.3 is 0 Å². The summed E-state index contributed by atoms with van der Waals surface area (Å²) in [6.45, 7) is 4.34. The molecule has 1 atom stereocenters. The van der Waals surface area contributed by atoms with E-state index in [4.69, 9.17) is 5.26 Å². The van der Waals surface area contributed by atoms with Gasteiger partial charge in [-0.1, -0.05) is 26.0 Å². The minimum atomic E-state index is 0.172. The van der Waals surface area contributed by atoms with E-state index in [1.54, 1.807) is 0 Å². The van der Waals surface area contributed by atoms with E-state index in [1.165, 1.54) is 0 Å². The summed E-state index contributed by atoms with van der Waals surface area (Å²) < 4.78 is 0. The molecule has 0 N–H and O–H groups in total. The minimum absolute atomic E-state index is 0.172.